The Bertz CT molecular complexity index is 245. The Hall–Kier alpha value is -0.570. The number of likely N-dealkylation sites (tertiary alicyclic amines) is 1. The van der Waals surface area contributed by atoms with Gasteiger partial charge in [0.15, 0.2) is 0 Å². The third-order valence-electron chi connectivity index (χ3n) is 3.89. The molecule has 0 aromatic carbocycles. The highest BCUT2D eigenvalue weighted by Crippen LogP contribution is 2.34. The first kappa shape index (κ1) is 13.5. The van der Waals surface area contributed by atoms with E-state index in [0.29, 0.717) is 5.41 Å². The molecule has 1 aliphatic heterocycles. The van der Waals surface area contributed by atoms with E-state index in [1.807, 2.05) is 0 Å². The summed E-state index contributed by atoms with van der Waals surface area (Å²) in [5, 5.41) is 9.01. The Kier molecular flexibility index (Phi) is 4.36. The van der Waals surface area contributed by atoms with E-state index in [9.17, 15) is 4.79 Å². The number of carbonyl (C=O) groups is 1. The zero-order chi connectivity index (χ0) is 12.3. The van der Waals surface area contributed by atoms with Crippen LogP contribution >= 0.6 is 0 Å². The Morgan fingerprint density at radius 3 is 2.44 bits per heavy atom. The monoisotopic (exact) mass is 227 g/mol. The highest BCUT2D eigenvalue weighted by molar-refractivity contribution is 5.72. The molecule has 3 heteroatoms. The molecule has 1 fully saturated rings. The second-order valence-corrected chi connectivity index (χ2v) is 6.04. The Balaban J connectivity index is 2.56. The van der Waals surface area contributed by atoms with E-state index in [-0.39, 0.29) is 6.04 Å². The maximum absolute atomic E-state index is 10.9. The summed E-state index contributed by atoms with van der Waals surface area (Å²) < 4.78 is 0. The molecule has 3 nitrogen and oxygen atoms in total. The standard InChI is InChI=1S/C13H25NO2/c1-10(12(15)16)14-8-5-6-11(7-9-14)13(2,3)4/h10-11H,5-9H2,1-4H3,(H,15,16). The highest BCUT2D eigenvalue weighted by Gasteiger charge is 2.29. The number of carboxylic acid groups (broad SMARTS) is 1. The van der Waals surface area contributed by atoms with Crippen molar-refractivity contribution in [2.45, 2.75) is 53.0 Å². The van der Waals surface area contributed by atoms with Crippen LogP contribution in [-0.4, -0.2) is 35.1 Å². The van der Waals surface area contributed by atoms with Crippen molar-refractivity contribution in [3.63, 3.8) is 0 Å². The van der Waals surface area contributed by atoms with Crippen LogP contribution in [0.3, 0.4) is 0 Å². The number of aliphatic carboxylic acids is 1. The molecule has 0 amide bonds. The van der Waals surface area contributed by atoms with Crippen molar-refractivity contribution < 1.29 is 9.90 Å². The fourth-order valence-electron chi connectivity index (χ4n) is 2.53. The van der Waals surface area contributed by atoms with Crippen molar-refractivity contribution in [1.82, 2.24) is 4.90 Å². The molecule has 0 radical (unpaired) electrons. The maximum Gasteiger partial charge on any atom is 0.320 e. The number of hydrogen-bond donors (Lipinski definition) is 1. The first-order valence-corrected chi connectivity index (χ1v) is 6.29. The van der Waals surface area contributed by atoms with Gasteiger partial charge in [0.25, 0.3) is 0 Å². The summed E-state index contributed by atoms with van der Waals surface area (Å²) in [6.45, 7) is 10.5. The molecular formula is C13H25NO2. The molecule has 0 aromatic heterocycles. The van der Waals surface area contributed by atoms with Crippen LogP contribution in [0.25, 0.3) is 0 Å². The molecule has 94 valence electrons. The van der Waals surface area contributed by atoms with Gasteiger partial charge in [0.05, 0.1) is 0 Å². The molecule has 1 heterocycles. The normalized spacial score (nSPS) is 26.1. The van der Waals surface area contributed by atoms with Crippen LogP contribution in [0.1, 0.15) is 47.0 Å². The zero-order valence-electron chi connectivity index (χ0n) is 11.0. The molecule has 2 unspecified atom stereocenters. The zero-order valence-corrected chi connectivity index (χ0v) is 11.0. The third kappa shape index (κ3) is 3.48. The van der Waals surface area contributed by atoms with Crippen LogP contribution in [0, 0.1) is 11.3 Å². The largest absolute Gasteiger partial charge is 0.480 e. The average Bonchev–Trinajstić information content (AvgIpc) is 2.40. The minimum atomic E-state index is -0.700. The van der Waals surface area contributed by atoms with E-state index in [0.717, 1.165) is 31.8 Å². The van der Waals surface area contributed by atoms with Crippen molar-refractivity contribution in [2.24, 2.45) is 11.3 Å². The number of carboxylic acids is 1. The Morgan fingerprint density at radius 1 is 1.31 bits per heavy atom. The molecule has 0 bridgehead atoms. The predicted molar refractivity (Wildman–Crippen MR) is 65.5 cm³/mol. The molecule has 1 aliphatic rings. The highest BCUT2D eigenvalue weighted by atomic mass is 16.4. The third-order valence-corrected chi connectivity index (χ3v) is 3.89. The van der Waals surface area contributed by atoms with Crippen molar-refractivity contribution >= 4 is 5.97 Å². The summed E-state index contributed by atoms with van der Waals surface area (Å²) in [6.07, 6.45) is 3.48. The maximum atomic E-state index is 10.9. The van der Waals surface area contributed by atoms with Gasteiger partial charge in [0, 0.05) is 0 Å². The van der Waals surface area contributed by atoms with Crippen LogP contribution in [-0.2, 0) is 4.79 Å². The second kappa shape index (κ2) is 5.17. The fraction of sp³-hybridized carbons (Fsp3) is 0.923. The topological polar surface area (TPSA) is 40.5 Å². The van der Waals surface area contributed by atoms with Crippen molar-refractivity contribution in [1.29, 1.82) is 0 Å². The minimum Gasteiger partial charge on any atom is -0.480 e. The van der Waals surface area contributed by atoms with E-state index in [4.69, 9.17) is 5.11 Å². The summed E-state index contributed by atoms with van der Waals surface area (Å²) >= 11 is 0. The van der Waals surface area contributed by atoms with Gasteiger partial charge in [-0.1, -0.05) is 20.8 Å². The Morgan fingerprint density at radius 2 is 1.94 bits per heavy atom. The van der Waals surface area contributed by atoms with Crippen LogP contribution in [0.5, 0.6) is 0 Å². The van der Waals surface area contributed by atoms with Gasteiger partial charge in [0.1, 0.15) is 6.04 Å². The van der Waals surface area contributed by atoms with Crippen LogP contribution in [0.4, 0.5) is 0 Å². The van der Waals surface area contributed by atoms with Gasteiger partial charge < -0.3 is 5.11 Å². The van der Waals surface area contributed by atoms with Gasteiger partial charge in [-0.3, -0.25) is 9.69 Å². The lowest BCUT2D eigenvalue weighted by Crippen LogP contribution is -2.39. The van der Waals surface area contributed by atoms with Crippen LogP contribution in [0.2, 0.25) is 0 Å². The van der Waals surface area contributed by atoms with E-state index in [2.05, 4.69) is 25.7 Å². The Labute approximate surface area is 98.8 Å². The number of hydrogen-bond acceptors (Lipinski definition) is 2. The molecule has 1 N–H and O–H groups in total. The van der Waals surface area contributed by atoms with E-state index < -0.39 is 5.97 Å². The molecule has 0 spiro atoms. The smallest absolute Gasteiger partial charge is 0.320 e. The number of rotatable bonds is 2. The SMILES string of the molecule is CC(C(=O)O)N1CCCC(C(C)(C)C)CC1. The summed E-state index contributed by atoms with van der Waals surface area (Å²) in [5.74, 6) is 0.0210. The lowest BCUT2D eigenvalue weighted by atomic mass is 9.77. The van der Waals surface area contributed by atoms with Gasteiger partial charge in [-0.05, 0) is 50.6 Å². The van der Waals surface area contributed by atoms with Crippen molar-refractivity contribution in [3.05, 3.63) is 0 Å². The summed E-state index contributed by atoms with van der Waals surface area (Å²) in [6, 6.07) is -0.335. The molecule has 0 aromatic rings. The molecule has 16 heavy (non-hydrogen) atoms. The first-order chi connectivity index (χ1) is 7.32. The van der Waals surface area contributed by atoms with Crippen LogP contribution < -0.4 is 0 Å². The van der Waals surface area contributed by atoms with Gasteiger partial charge >= 0.3 is 5.97 Å². The van der Waals surface area contributed by atoms with E-state index in [1.165, 1.54) is 6.42 Å². The molecule has 0 aliphatic carbocycles. The first-order valence-electron chi connectivity index (χ1n) is 6.29. The fourth-order valence-corrected chi connectivity index (χ4v) is 2.53. The summed E-state index contributed by atoms with van der Waals surface area (Å²) in [4.78, 5) is 13.1. The average molecular weight is 227 g/mol. The van der Waals surface area contributed by atoms with Gasteiger partial charge in [-0.25, -0.2) is 0 Å². The quantitative estimate of drug-likeness (QED) is 0.788. The van der Waals surface area contributed by atoms with Crippen molar-refractivity contribution in [2.75, 3.05) is 13.1 Å². The molecule has 0 saturated carbocycles. The molecule has 1 saturated heterocycles. The molecule has 1 rings (SSSR count). The molecule has 2 atom stereocenters. The van der Waals surface area contributed by atoms with Gasteiger partial charge in [-0.15, -0.1) is 0 Å². The minimum absolute atomic E-state index is 0.335. The number of nitrogens with zero attached hydrogens (tertiary/aromatic N) is 1. The van der Waals surface area contributed by atoms with E-state index in [1.54, 1.807) is 6.92 Å². The summed E-state index contributed by atoms with van der Waals surface area (Å²) in [7, 11) is 0. The van der Waals surface area contributed by atoms with Crippen molar-refractivity contribution in [3.8, 4) is 0 Å². The second-order valence-electron chi connectivity index (χ2n) is 6.04. The predicted octanol–water partition coefficient (Wildman–Crippen LogP) is 2.61. The van der Waals surface area contributed by atoms with Gasteiger partial charge in [-0.2, -0.15) is 0 Å². The lowest BCUT2D eigenvalue weighted by molar-refractivity contribution is -0.142. The van der Waals surface area contributed by atoms with Gasteiger partial charge in [0.2, 0.25) is 0 Å². The van der Waals surface area contributed by atoms with E-state index >= 15 is 0 Å². The van der Waals surface area contributed by atoms with Crippen LogP contribution in [0.15, 0.2) is 0 Å². The lowest BCUT2D eigenvalue weighted by Gasteiger charge is -2.30. The molecular weight excluding hydrogens is 202 g/mol. The summed E-state index contributed by atoms with van der Waals surface area (Å²) in [5.41, 5.74) is 0.350.